The van der Waals surface area contributed by atoms with Crippen LogP contribution in [0.4, 0.5) is 0 Å². The molecule has 0 saturated heterocycles. The van der Waals surface area contributed by atoms with Gasteiger partial charge in [0, 0.05) is 19.3 Å². The van der Waals surface area contributed by atoms with E-state index in [0.29, 0.717) is 0 Å². The van der Waals surface area contributed by atoms with E-state index >= 15 is 0 Å². The van der Waals surface area contributed by atoms with Crippen LogP contribution < -0.4 is 5.32 Å². The van der Waals surface area contributed by atoms with Crippen molar-refractivity contribution < 1.29 is 5.11 Å². The van der Waals surface area contributed by atoms with Gasteiger partial charge in [0.25, 0.3) is 0 Å². The Hall–Kier alpha value is -1.65. The van der Waals surface area contributed by atoms with Crippen molar-refractivity contribution in [2.45, 2.75) is 32.4 Å². The minimum Gasteiger partial charge on any atom is -0.396 e. The molecule has 1 unspecified atom stereocenters. The number of imidazole rings is 1. The van der Waals surface area contributed by atoms with Gasteiger partial charge in [-0.15, -0.1) is 0 Å². The lowest BCUT2D eigenvalue weighted by molar-refractivity contribution is 0.275. The molecule has 4 nitrogen and oxygen atoms in total. The highest BCUT2D eigenvalue weighted by Crippen LogP contribution is 2.24. The summed E-state index contributed by atoms with van der Waals surface area (Å²) in [5.41, 5.74) is 2.44. The van der Waals surface area contributed by atoms with Gasteiger partial charge < -0.3 is 15.0 Å². The molecular formula is C16H23N3O. The molecular weight excluding hydrogens is 250 g/mol. The van der Waals surface area contributed by atoms with E-state index in [0.717, 1.165) is 25.9 Å². The summed E-state index contributed by atoms with van der Waals surface area (Å²) in [6.45, 7) is 4.08. The Morgan fingerprint density at radius 2 is 2.10 bits per heavy atom. The van der Waals surface area contributed by atoms with Crippen molar-refractivity contribution in [3.8, 4) is 0 Å². The number of nitrogens with one attached hydrogen (secondary N) is 1. The second-order valence-electron chi connectivity index (χ2n) is 4.86. The fraction of sp³-hybridized carbons (Fsp3) is 0.438. The summed E-state index contributed by atoms with van der Waals surface area (Å²) in [6, 6.07) is 10.7. The van der Waals surface area contributed by atoms with Crippen molar-refractivity contribution in [3.63, 3.8) is 0 Å². The zero-order valence-electron chi connectivity index (χ0n) is 12.0. The lowest BCUT2D eigenvalue weighted by Crippen LogP contribution is -2.19. The third kappa shape index (κ3) is 3.68. The van der Waals surface area contributed by atoms with Gasteiger partial charge in [0.05, 0.1) is 18.1 Å². The standard InChI is InChI=1S/C16H23N3O/c1-2-17-11-15-12-18-13-19(15)16(9-6-10-20)14-7-4-3-5-8-14/h3-5,7-8,12-13,16-17,20H,2,6,9-11H2,1H3. The monoisotopic (exact) mass is 273 g/mol. The number of hydrogen-bond donors (Lipinski definition) is 2. The Morgan fingerprint density at radius 3 is 2.80 bits per heavy atom. The lowest BCUT2D eigenvalue weighted by Gasteiger charge is -2.21. The van der Waals surface area contributed by atoms with Crippen molar-refractivity contribution in [2.24, 2.45) is 0 Å². The first-order valence-corrected chi connectivity index (χ1v) is 7.24. The van der Waals surface area contributed by atoms with E-state index in [1.165, 1.54) is 11.3 Å². The summed E-state index contributed by atoms with van der Waals surface area (Å²) in [6.07, 6.45) is 5.51. The molecule has 1 atom stereocenters. The number of benzene rings is 1. The predicted octanol–water partition coefficient (Wildman–Crippen LogP) is 2.35. The van der Waals surface area contributed by atoms with Gasteiger partial charge in [-0.3, -0.25) is 0 Å². The van der Waals surface area contributed by atoms with Gasteiger partial charge in [-0.05, 0) is 24.9 Å². The SMILES string of the molecule is CCNCc1cncn1C(CCCO)c1ccccc1. The number of aromatic nitrogens is 2. The molecule has 20 heavy (non-hydrogen) atoms. The molecule has 108 valence electrons. The second-order valence-corrected chi connectivity index (χ2v) is 4.86. The third-order valence-corrected chi connectivity index (χ3v) is 3.46. The molecule has 0 saturated carbocycles. The Morgan fingerprint density at radius 1 is 1.30 bits per heavy atom. The fourth-order valence-corrected chi connectivity index (χ4v) is 2.43. The first-order valence-electron chi connectivity index (χ1n) is 7.24. The van der Waals surface area contributed by atoms with Crippen LogP contribution in [0.5, 0.6) is 0 Å². The van der Waals surface area contributed by atoms with Crippen LogP contribution in [0.2, 0.25) is 0 Å². The minimum atomic E-state index is 0.223. The lowest BCUT2D eigenvalue weighted by atomic mass is 10.0. The molecule has 0 amide bonds. The minimum absolute atomic E-state index is 0.223. The summed E-state index contributed by atoms with van der Waals surface area (Å²) < 4.78 is 2.22. The van der Waals surface area contributed by atoms with Crippen LogP contribution >= 0.6 is 0 Å². The maximum Gasteiger partial charge on any atom is 0.0954 e. The fourth-order valence-electron chi connectivity index (χ4n) is 2.43. The first kappa shape index (κ1) is 14.8. The van der Waals surface area contributed by atoms with Crippen LogP contribution in [-0.4, -0.2) is 27.8 Å². The van der Waals surface area contributed by atoms with Crippen LogP contribution in [0.25, 0.3) is 0 Å². The number of hydrogen-bond acceptors (Lipinski definition) is 3. The number of aliphatic hydroxyl groups excluding tert-OH is 1. The van der Waals surface area contributed by atoms with E-state index in [4.69, 9.17) is 5.11 Å². The van der Waals surface area contributed by atoms with Gasteiger partial charge in [-0.2, -0.15) is 0 Å². The number of aliphatic hydroxyl groups is 1. The van der Waals surface area contributed by atoms with Crippen molar-refractivity contribution in [1.82, 2.24) is 14.9 Å². The Balaban J connectivity index is 2.24. The van der Waals surface area contributed by atoms with Crippen molar-refractivity contribution in [2.75, 3.05) is 13.2 Å². The Labute approximate surface area is 120 Å². The Kier molecular flexibility index (Phi) is 5.77. The number of nitrogens with zero attached hydrogens (tertiary/aromatic N) is 2. The van der Waals surface area contributed by atoms with E-state index in [1.54, 1.807) is 0 Å². The molecule has 0 aliphatic heterocycles. The highest BCUT2D eigenvalue weighted by molar-refractivity contribution is 5.21. The second kappa shape index (κ2) is 7.82. The molecule has 4 heteroatoms. The van der Waals surface area contributed by atoms with Crippen LogP contribution in [0.1, 0.15) is 37.1 Å². The molecule has 0 aliphatic carbocycles. The van der Waals surface area contributed by atoms with Crippen LogP contribution in [0, 0.1) is 0 Å². The number of rotatable bonds is 8. The van der Waals surface area contributed by atoms with Crippen molar-refractivity contribution >= 4 is 0 Å². The molecule has 2 aromatic rings. The summed E-state index contributed by atoms with van der Waals surface area (Å²) in [5.74, 6) is 0. The van der Waals surface area contributed by atoms with Gasteiger partial charge >= 0.3 is 0 Å². The summed E-state index contributed by atoms with van der Waals surface area (Å²) in [4.78, 5) is 4.29. The zero-order valence-corrected chi connectivity index (χ0v) is 12.0. The molecule has 0 aliphatic rings. The van der Waals surface area contributed by atoms with Crippen LogP contribution in [0.15, 0.2) is 42.9 Å². The molecule has 0 fully saturated rings. The third-order valence-electron chi connectivity index (χ3n) is 3.46. The molecule has 2 rings (SSSR count). The summed E-state index contributed by atoms with van der Waals surface area (Å²) in [5, 5.41) is 12.5. The van der Waals surface area contributed by atoms with Crippen molar-refractivity contribution in [1.29, 1.82) is 0 Å². The Bertz CT molecular complexity index is 495. The maximum absolute atomic E-state index is 9.13. The molecule has 0 radical (unpaired) electrons. The van der Waals surface area contributed by atoms with Gasteiger partial charge in [0.15, 0.2) is 0 Å². The average Bonchev–Trinajstić information content (AvgIpc) is 2.95. The van der Waals surface area contributed by atoms with E-state index in [9.17, 15) is 0 Å². The molecule has 0 bridgehead atoms. The maximum atomic E-state index is 9.13. The highest BCUT2D eigenvalue weighted by atomic mass is 16.2. The van der Waals surface area contributed by atoms with Crippen molar-refractivity contribution in [3.05, 3.63) is 54.1 Å². The van der Waals surface area contributed by atoms with Gasteiger partial charge in [0.1, 0.15) is 0 Å². The molecule has 1 aromatic heterocycles. The normalized spacial score (nSPS) is 12.5. The van der Waals surface area contributed by atoms with Gasteiger partial charge in [0.2, 0.25) is 0 Å². The topological polar surface area (TPSA) is 50.1 Å². The zero-order chi connectivity index (χ0) is 14.2. The smallest absolute Gasteiger partial charge is 0.0954 e. The highest BCUT2D eigenvalue weighted by Gasteiger charge is 2.15. The van der Waals surface area contributed by atoms with E-state index in [2.05, 4.69) is 46.1 Å². The first-order chi connectivity index (χ1) is 9.86. The quantitative estimate of drug-likeness (QED) is 0.776. The largest absolute Gasteiger partial charge is 0.396 e. The average molecular weight is 273 g/mol. The van der Waals surface area contributed by atoms with Crippen LogP contribution in [-0.2, 0) is 6.54 Å². The van der Waals surface area contributed by atoms with Gasteiger partial charge in [-0.1, -0.05) is 37.3 Å². The van der Waals surface area contributed by atoms with Gasteiger partial charge in [-0.25, -0.2) is 4.98 Å². The predicted molar refractivity (Wildman–Crippen MR) is 80.5 cm³/mol. The molecule has 1 aromatic carbocycles. The summed E-state index contributed by atoms with van der Waals surface area (Å²) >= 11 is 0. The molecule has 2 N–H and O–H groups in total. The van der Waals surface area contributed by atoms with E-state index in [1.807, 2.05) is 18.6 Å². The molecule has 0 spiro atoms. The molecule has 1 heterocycles. The van der Waals surface area contributed by atoms with Crippen LogP contribution in [0.3, 0.4) is 0 Å². The van der Waals surface area contributed by atoms with E-state index < -0.39 is 0 Å². The summed E-state index contributed by atoms with van der Waals surface area (Å²) in [7, 11) is 0. The van der Waals surface area contributed by atoms with E-state index in [-0.39, 0.29) is 12.6 Å².